The Kier molecular flexibility index (Phi) is 8.10. The SMILES string of the molecule is CC(NC(=O)C(N)C1CCOCC1)c1ccccc1Oc1ccccc1.Cl. The van der Waals surface area contributed by atoms with E-state index >= 15 is 0 Å². The summed E-state index contributed by atoms with van der Waals surface area (Å²) in [7, 11) is 0. The molecule has 1 fully saturated rings. The zero-order valence-electron chi connectivity index (χ0n) is 15.5. The normalized spacial score (nSPS) is 16.7. The van der Waals surface area contributed by atoms with Gasteiger partial charge < -0.3 is 20.5 Å². The molecule has 6 heteroatoms. The van der Waals surface area contributed by atoms with Gasteiger partial charge in [0, 0.05) is 18.8 Å². The van der Waals surface area contributed by atoms with Crippen molar-refractivity contribution in [2.75, 3.05) is 13.2 Å². The van der Waals surface area contributed by atoms with Crippen LogP contribution in [0.2, 0.25) is 0 Å². The number of nitrogens with two attached hydrogens (primary N) is 1. The molecular weight excluding hydrogens is 364 g/mol. The van der Waals surface area contributed by atoms with Gasteiger partial charge in [-0.15, -0.1) is 12.4 Å². The Labute approximate surface area is 166 Å². The minimum atomic E-state index is -0.511. The third kappa shape index (κ3) is 5.70. The van der Waals surface area contributed by atoms with E-state index in [2.05, 4.69) is 5.32 Å². The number of benzene rings is 2. The molecule has 5 nitrogen and oxygen atoms in total. The van der Waals surface area contributed by atoms with Crippen LogP contribution >= 0.6 is 12.4 Å². The minimum Gasteiger partial charge on any atom is -0.457 e. The predicted molar refractivity (Wildman–Crippen MR) is 108 cm³/mol. The summed E-state index contributed by atoms with van der Waals surface area (Å²) in [6.45, 7) is 3.30. The number of rotatable bonds is 6. The van der Waals surface area contributed by atoms with Gasteiger partial charge in [0.1, 0.15) is 11.5 Å². The molecular formula is C21H27ClN2O3. The Hall–Kier alpha value is -2.08. The fraction of sp³-hybridized carbons (Fsp3) is 0.381. The van der Waals surface area contributed by atoms with Gasteiger partial charge in [-0.25, -0.2) is 0 Å². The molecule has 0 aliphatic carbocycles. The van der Waals surface area contributed by atoms with Gasteiger partial charge >= 0.3 is 0 Å². The maximum Gasteiger partial charge on any atom is 0.237 e. The second-order valence-electron chi connectivity index (χ2n) is 6.66. The van der Waals surface area contributed by atoms with Gasteiger partial charge in [-0.1, -0.05) is 36.4 Å². The Morgan fingerprint density at radius 2 is 1.74 bits per heavy atom. The fourth-order valence-corrected chi connectivity index (χ4v) is 3.22. The lowest BCUT2D eigenvalue weighted by Gasteiger charge is -2.28. The molecule has 1 heterocycles. The third-order valence-corrected chi connectivity index (χ3v) is 4.79. The number of amides is 1. The van der Waals surface area contributed by atoms with E-state index in [1.165, 1.54) is 0 Å². The molecule has 3 N–H and O–H groups in total. The van der Waals surface area contributed by atoms with Crippen LogP contribution in [0.1, 0.15) is 31.4 Å². The second-order valence-corrected chi connectivity index (χ2v) is 6.66. The quantitative estimate of drug-likeness (QED) is 0.786. The van der Waals surface area contributed by atoms with Crippen molar-refractivity contribution >= 4 is 18.3 Å². The lowest BCUT2D eigenvalue weighted by atomic mass is 9.91. The van der Waals surface area contributed by atoms with E-state index in [9.17, 15) is 4.79 Å². The van der Waals surface area contributed by atoms with Crippen LogP contribution in [-0.2, 0) is 9.53 Å². The monoisotopic (exact) mass is 390 g/mol. The van der Waals surface area contributed by atoms with E-state index in [0.29, 0.717) is 13.2 Å². The molecule has 1 aliphatic heterocycles. The molecule has 2 unspecified atom stereocenters. The molecule has 3 rings (SSSR count). The van der Waals surface area contributed by atoms with Gasteiger partial charge in [-0.05, 0) is 43.9 Å². The number of para-hydroxylation sites is 2. The average Bonchev–Trinajstić information content (AvgIpc) is 2.69. The maximum atomic E-state index is 12.6. The lowest BCUT2D eigenvalue weighted by molar-refractivity contribution is -0.125. The third-order valence-electron chi connectivity index (χ3n) is 4.79. The Morgan fingerprint density at radius 1 is 1.11 bits per heavy atom. The zero-order valence-corrected chi connectivity index (χ0v) is 16.3. The molecule has 1 saturated heterocycles. The van der Waals surface area contributed by atoms with Crippen molar-refractivity contribution in [3.8, 4) is 11.5 Å². The van der Waals surface area contributed by atoms with Crippen molar-refractivity contribution in [2.24, 2.45) is 11.7 Å². The number of ether oxygens (including phenoxy) is 2. The van der Waals surface area contributed by atoms with Crippen LogP contribution in [-0.4, -0.2) is 25.2 Å². The summed E-state index contributed by atoms with van der Waals surface area (Å²) >= 11 is 0. The highest BCUT2D eigenvalue weighted by atomic mass is 35.5. The van der Waals surface area contributed by atoms with Crippen molar-refractivity contribution in [3.63, 3.8) is 0 Å². The number of hydrogen-bond donors (Lipinski definition) is 2. The van der Waals surface area contributed by atoms with E-state index in [0.717, 1.165) is 29.9 Å². The van der Waals surface area contributed by atoms with E-state index in [-0.39, 0.29) is 30.3 Å². The van der Waals surface area contributed by atoms with Crippen LogP contribution < -0.4 is 15.8 Å². The first-order valence-corrected chi connectivity index (χ1v) is 9.10. The highest BCUT2D eigenvalue weighted by Crippen LogP contribution is 2.29. The summed E-state index contributed by atoms with van der Waals surface area (Å²) in [6, 6.07) is 16.6. The smallest absolute Gasteiger partial charge is 0.237 e. The Balaban J connectivity index is 0.00000261. The van der Waals surface area contributed by atoms with Gasteiger partial charge in [0.2, 0.25) is 5.91 Å². The van der Waals surface area contributed by atoms with E-state index in [1.54, 1.807) is 0 Å². The lowest BCUT2D eigenvalue weighted by Crippen LogP contribution is -2.47. The van der Waals surface area contributed by atoms with Crippen LogP contribution in [0, 0.1) is 5.92 Å². The summed E-state index contributed by atoms with van der Waals surface area (Å²) in [6.07, 6.45) is 1.66. The van der Waals surface area contributed by atoms with Crippen molar-refractivity contribution in [1.82, 2.24) is 5.32 Å². The topological polar surface area (TPSA) is 73.6 Å². The second kappa shape index (κ2) is 10.3. The van der Waals surface area contributed by atoms with Crippen LogP contribution in [0.4, 0.5) is 0 Å². The summed E-state index contributed by atoms with van der Waals surface area (Å²) < 4.78 is 11.3. The summed E-state index contributed by atoms with van der Waals surface area (Å²) in [5, 5.41) is 3.03. The average molecular weight is 391 g/mol. The molecule has 0 spiro atoms. The fourth-order valence-electron chi connectivity index (χ4n) is 3.22. The number of hydrogen-bond acceptors (Lipinski definition) is 4. The standard InChI is InChI=1S/C21H26N2O3.ClH/c1-15(23-21(24)20(22)16-11-13-25-14-12-16)18-9-5-6-10-19(18)26-17-7-3-2-4-8-17;/h2-10,15-16,20H,11-14,22H2,1H3,(H,23,24);1H. The van der Waals surface area contributed by atoms with Crippen molar-refractivity contribution in [1.29, 1.82) is 0 Å². The molecule has 27 heavy (non-hydrogen) atoms. The molecule has 0 aromatic heterocycles. The van der Waals surface area contributed by atoms with Crippen molar-refractivity contribution in [2.45, 2.75) is 31.8 Å². The molecule has 146 valence electrons. The van der Waals surface area contributed by atoms with Crippen molar-refractivity contribution in [3.05, 3.63) is 60.2 Å². The number of carbonyl (C=O) groups excluding carboxylic acids is 1. The molecule has 1 aliphatic rings. The highest BCUT2D eigenvalue weighted by Gasteiger charge is 2.27. The first-order chi connectivity index (χ1) is 12.6. The van der Waals surface area contributed by atoms with Crippen LogP contribution in [0.5, 0.6) is 11.5 Å². The highest BCUT2D eigenvalue weighted by molar-refractivity contribution is 5.85. The van der Waals surface area contributed by atoms with Gasteiger partial charge in [0.05, 0.1) is 12.1 Å². The number of halogens is 1. The van der Waals surface area contributed by atoms with Gasteiger partial charge in [0.15, 0.2) is 0 Å². The summed E-state index contributed by atoms with van der Waals surface area (Å²) in [5.74, 6) is 1.54. The van der Waals surface area contributed by atoms with E-state index in [4.69, 9.17) is 15.2 Å². The maximum absolute atomic E-state index is 12.6. The van der Waals surface area contributed by atoms with E-state index in [1.807, 2.05) is 61.5 Å². The first-order valence-electron chi connectivity index (χ1n) is 9.10. The number of nitrogens with one attached hydrogen (secondary N) is 1. The molecule has 0 radical (unpaired) electrons. The summed E-state index contributed by atoms with van der Waals surface area (Å²) in [5.41, 5.74) is 7.10. The predicted octanol–water partition coefficient (Wildman–Crippen LogP) is 3.83. The molecule has 2 atom stereocenters. The molecule has 0 bridgehead atoms. The van der Waals surface area contributed by atoms with Crippen LogP contribution in [0.3, 0.4) is 0 Å². The minimum absolute atomic E-state index is 0. The molecule has 2 aromatic rings. The molecule has 1 amide bonds. The molecule has 2 aromatic carbocycles. The largest absolute Gasteiger partial charge is 0.457 e. The van der Waals surface area contributed by atoms with Crippen LogP contribution in [0.15, 0.2) is 54.6 Å². The van der Waals surface area contributed by atoms with Gasteiger partial charge in [-0.3, -0.25) is 4.79 Å². The Bertz CT molecular complexity index is 720. The van der Waals surface area contributed by atoms with E-state index < -0.39 is 6.04 Å². The van der Waals surface area contributed by atoms with Gasteiger partial charge in [0.25, 0.3) is 0 Å². The number of carbonyl (C=O) groups is 1. The molecule has 0 saturated carbocycles. The summed E-state index contributed by atoms with van der Waals surface area (Å²) in [4.78, 5) is 12.6. The first kappa shape index (κ1) is 21.2. The van der Waals surface area contributed by atoms with Crippen LogP contribution in [0.25, 0.3) is 0 Å². The van der Waals surface area contributed by atoms with Gasteiger partial charge in [-0.2, -0.15) is 0 Å². The zero-order chi connectivity index (χ0) is 18.4. The Morgan fingerprint density at radius 3 is 2.44 bits per heavy atom. The van der Waals surface area contributed by atoms with Crippen molar-refractivity contribution < 1.29 is 14.3 Å².